The highest BCUT2D eigenvalue weighted by Gasteiger charge is 2.09. The third-order valence-electron chi connectivity index (χ3n) is 3.38. The number of fused-ring (bicyclic) bond motifs is 1. The minimum absolute atomic E-state index is 0.171. The summed E-state index contributed by atoms with van der Waals surface area (Å²) in [4.78, 5) is 16.4. The minimum atomic E-state index is -0.171. The van der Waals surface area contributed by atoms with Gasteiger partial charge in [0.15, 0.2) is 5.16 Å². The summed E-state index contributed by atoms with van der Waals surface area (Å²) in [6.45, 7) is 0. The molecular formula is C17H15BrN4OS. The van der Waals surface area contributed by atoms with E-state index in [2.05, 4.69) is 31.4 Å². The molecule has 0 atom stereocenters. The van der Waals surface area contributed by atoms with Crippen molar-refractivity contribution in [1.82, 2.24) is 15.0 Å². The number of imidazole rings is 1. The Bertz CT molecular complexity index is 906. The van der Waals surface area contributed by atoms with Crippen molar-refractivity contribution in [3.8, 4) is 0 Å². The summed E-state index contributed by atoms with van der Waals surface area (Å²) >= 11 is 4.82. The molecule has 122 valence electrons. The average Bonchev–Trinajstić information content (AvgIpc) is 2.91. The van der Waals surface area contributed by atoms with E-state index in [9.17, 15) is 4.79 Å². The number of benzene rings is 2. The van der Waals surface area contributed by atoms with Gasteiger partial charge in [-0.1, -0.05) is 58.0 Å². The molecule has 1 aromatic heterocycles. The Balaban J connectivity index is 1.57. The van der Waals surface area contributed by atoms with Crippen LogP contribution in [-0.2, 0) is 11.8 Å². The third-order valence-corrected chi connectivity index (χ3v) is 5.13. The summed E-state index contributed by atoms with van der Waals surface area (Å²) in [5.41, 5.74) is 5.41. The quantitative estimate of drug-likeness (QED) is 0.403. The zero-order valence-corrected chi connectivity index (χ0v) is 15.3. The molecule has 3 aromatic rings. The first-order valence-corrected chi connectivity index (χ1v) is 9.03. The van der Waals surface area contributed by atoms with Gasteiger partial charge in [0.2, 0.25) is 0 Å². The number of aryl methyl sites for hydroxylation is 1. The van der Waals surface area contributed by atoms with Crippen LogP contribution in [0.3, 0.4) is 0 Å². The second kappa shape index (κ2) is 7.63. The predicted molar refractivity (Wildman–Crippen MR) is 101 cm³/mol. The molecule has 1 N–H and O–H groups in total. The van der Waals surface area contributed by atoms with Crippen LogP contribution in [0.2, 0.25) is 0 Å². The molecule has 3 rings (SSSR count). The van der Waals surface area contributed by atoms with Gasteiger partial charge >= 0.3 is 0 Å². The van der Waals surface area contributed by atoms with Crippen LogP contribution in [-0.4, -0.2) is 27.4 Å². The number of hydrogen-bond donors (Lipinski definition) is 1. The fraction of sp³-hybridized carbons (Fsp3) is 0.118. The van der Waals surface area contributed by atoms with E-state index in [-0.39, 0.29) is 11.7 Å². The second-order valence-corrected chi connectivity index (χ2v) is 6.84. The fourth-order valence-corrected chi connectivity index (χ4v) is 3.34. The van der Waals surface area contributed by atoms with E-state index >= 15 is 0 Å². The van der Waals surface area contributed by atoms with E-state index in [4.69, 9.17) is 0 Å². The van der Waals surface area contributed by atoms with Crippen molar-refractivity contribution >= 4 is 50.8 Å². The Morgan fingerprint density at radius 3 is 2.83 bits per heavy atom. The maximum atomic E-state index is 11.9. The van der Waals surface area contributed by atoms with Gasteiger partial charge in [0.25, 0.3) is 5.91 Å². The number of rotatable bonds is 5. The van der Waals surface area contributed by atoms with Gasteiger partial charge in [-0.05, 0) is 18.2 Å². The van der Waals surface area contributed by atoms with Crippen LogP contribution in [0.4, 0.5) is 0 Å². The number of hydrazone groups is 1. The SMILES string of the molecule is Cn1c(SCC(=O)NN=Cc2ccccc2Br)nc2ccccc21. The monoisotopic (exact) mass is 402 g/mol. The molecule has 0 saturated heterocycles. The number of carbonyl (C=O) groups excluding carboxylic acids is 1. The van der Waals surface area contributed by atoms with Gasteiger partial charge in [-0.15, -0.1) is 0 Å². The number of nitrogens with zero attached hydrogens (tertiary/aromatic N) is 3. The number of aromatic nitrogens is 2. The highest BCUT2D eigenvalue weighted by atomic mass is 79.9. The van der Waals surface area contributed by atoms with Gasteiger partial charge in [0.1, 0.15) is 0 Å². The van der Waals surface area contributed by atoms with Crippen LogP contribution in [0, 0.1) is 0 Å². The molecule has 1 amide bonds. The number of thioether (sulfide) groups is 1. The number of para-hydroxylation sites is 2. The Morgan fingerprint density at radius 2 is 2.04 bits per heavy atom. The lowest BCUT2D eigenvalue weighted by Gasteiger charge is -2.02. The van der Waals surface area contributed by atoms with Gasteiger partial charge in [-0.25, -0.2) is 10.4 Å². The van der Waals surface area contributed by atoms with Gasteiger partial charge in [-0.2, -0.15) is 5.10 Å². The number of amides is 1. The number of hydrogen-bond acceptors (Lipinski definition) is 4. The second-order valence-electron chi connectivity index (χ2n) is 5.05. The summed E-state index contributed by atoms with van der Waals surface area (Å²) in [7, 11) is 1.95. The van der Waals surface area contributed by atoms with Crippen molar-refractivity contribution in [1.29, 1.82) is 0 Å². The Labute approximate surface area is 152 Å². The Kier molecular flexibility index (Phi) is 5.32. The molecule has 0 aliphatic rings. The summed E-state index contributed by atoms with van der Waals surface area (Å²) in [5.74, 6) is 0.0835. The van der Waals surface area contributed by atoms with E-state index in [0.717, 1.165) is 26.2 Å². The smallest absolute Gasteiger partial charge is 0.250 e. The molecule has 2 aromatic carbocycles. The largest absolute Gasteiger partial charge is 0.322 e. The zero-order chi connectivity index (χ0) is 16.9. The predicted octanol–water partition coefficient (Wildman–Crippen LogP) is 3.58. The maximum absolute atomic E-state index is 11.9. The van der Waals surface area contributed by atoms with E-state index in [1.165, 1.54) is 11.8 Å². The molecule has 7 heteroatoms. The van der Waals surface area contributed by atoms with Gasteiger partial charge in [-0.3, -0.25) is 4.79 Å². The third kappa shape index (κ3) is 3.85. The highest BCUT2D eigenvalue weighted by molar-refractivity contribution is 9.10. The minimum Gasteiger partial charge on any atom is -0.322 e. The zero-order valence-electron chi connectivity index (χ0n) is 12.9. The normalized spacial score (nSPS) is 11.2. The van der Waals surface area contributed by atoms with Crippen LogP contribution in [0.5, 0.6) is 0 Å². The molecule has 0 fully saturated rings. The molecule has 0 aliphatic carbocycles. The van der Waals surface area contributed by atoms with Crippen molar-refractivity contribution in [2.24, 2.45) is 12.1 Å². The van der Waals surface area contributed by atoms with Gasteiger partial charge < -0.3 is 4.57 Å². The molecule has 0 spiro atoms. The Hall–Kier alpha value is -2.12. The lowest BCUT2D eigenvalue weighted by atomic mass is 10.2. The van der Waals surface area contributed by atoms with Crippen LogP contribution >= 0.6 is 27.7 Å². The van der Waals surface area contributed by atoms with Crippen molar-refractivity contribution in [3.05, 3.63) is 58.6 Å². The molecule has 24 heavy (non-hydrogen) atoms. The molecule has 0 radical (unpaired) electrons. The Morgan fingerprint density at radius 1 is 1.29 bits per heavy atom. The van der Waals surface area contributed by atoms with E-state index in [0.29, 0.717) is 0 Å². The molecule has 0 aliphatic heterocycles. The summed E-state index contributed by atoms with van der Waals surface area (Å²) in [6.07, 6.45) is 1.61. The van der Waals surface area contributed by atoms with Crippen molar-refractivity contribution in [2.75, 3.05) is 5.75 Å². The molecule has 0 saturated carbocycles. The van der Waals surface area contributed by atoms with Gasteiger partial charge in [0.05, 0.1) is 23.0 Å². The summed E-state index contributed by atoms with van der Waals surface area (Å²) < 4.78 is 2.91. The van der Waals surface area contributed by atoms with Crippen LogP contribution in [0.15, 0.2) is 63.3 Å². The topological polar surface area (TPSA) is 59.3 Å². The maximum Gasteiger partial charge on any atom is 0.250 e. The molecular weight excluding hydrogens is 388 g/mol. The lowest BCUT2D eigenvalue weighted by molar-refractivity contribution is -0.118. The molecule has 0 bridgehead atoms. The fourth-order valence-electron chi connectivity index (χ4n) is 2.17. The lowest BCUT2D eigenvalue weighted by Crippen LogP contribution is -2.19. The van der Waals surface area contributed by atoms with E-state index < -0.39 is 0 Å². The van der Waals surface area contributed by atoms with Crippen LogP contribution in [0.1, 0.15) is 5.56 Å². The summed E-state index contributed by atoms with van der Waals surface area (Å²) in [5, 5.41) is 4.79. The number of nitrogens with one attached hydrogen (secondary N) is 1. The number of carbonyl (C=O) groups is 1. The first kappa shape index (κ1) is 16.7. The first-order chi connectivity index (χ1) is 11.6. The van der Waals surface area contributed by atoms with Crippen LogP contribution in [0.25, 0.3) is 11.0 Å². The first-order valence-electron chi connectivity index (χ1n) is 7.26. The standard InChI is InChI=1S/C17H15BrN4OS/c1-22-15-9-5-4-8-14(15)20-17(22)24-11-16(23)21-19-10-12-6-2-3-7-13(12)18/h2-10H,11H2,1H3,(H,21,23). The molecule has 1 heterocycles. The van der Waals surface area contributed by atoms with Crippen LogP contribution < -0.4 is 5.43 Å². The van der Waals surface area contributed by atoms with Crippen molar-refractivity contribution in [3.63, 3.8) is 0 Å². The number of halogens is 1. The van der Waals surface area contributed by atoms with E-state index in [1.54, 1.807) is 6.21 Å². The highest BCUT2D eigenvalue weighted by Crippen LogP contribution is 2.22. The summed E-state index contributed by atoms with van der Waals surface area (Å²) in [6, 6.07) is 15.6. The molecule has 5 nitrogen and oxygen atoms in total. The average molecular weight is 403 g/mol. The van der Waals surface area contributed by atoms with E-state index in [1.807, 2.05) is 60.1 Å². The van der Waals surface area contributed by atoms with Gasteiger partial charge in [0, 0.05) is 17.1 Å². The van der Waals surface area contributed by atoms with Crippen molar-refractivity contribution < 1.29 is 4.79 Å². The van der Waals surface area contributed by atoms with Crippen molar-refractivity contribution in [2.45, 2.75) is 5.16 Å². The molecule has 0 unspecified atom stereocenters.